The Hall–Kier alpha value is -1.84. The number of benzene rings is 1. The van der Waals surface area contributed by atoms with Crippen molar-refractivity contribution in [1.29, 1.82) is 0 Å². The second kappa shape index (κ2) is 5.48. The van der Waals surface area contributed by atoms with E-state index in [1.165, 1.54) is 24.3 Å². The standard InChI is InChI=1S/C13H16O4/c1-8(2)9(3)13(16)17-11-6-4-10(5-7-11)12(14)15/h4-9H,1-3H3,(H,14,15). The first-order valence-corrected chi connectivity index (χ1v) is 5.47. The molecule has 0 fully saturated rings. The van der Waals surface area contributed by atoms with Crippen LogP contribution < -0.4 is 4.74 Å². The summed E-state index contributed by atoms with van der Waals surface area (Å²) in [5.41, 5.74) is 0.168. The van der Waals surface area contributed by atoms with Crippen molar-refractivity contribution < 1.29 is 19.4 Å². The van der Waals surface area contributed by atoms with Gasteiger partial charge in [-0.05, 0) is 30.2 Å². The highest BCUT2D eigenvalue weighted by molar-refractivity contribution is 5.87. The van der Waals surface area contributed by atoms with Gasteiger partial charge in [0.15, 0.2) is 0 Å². The van der Waals surface area contributed by atoms with Crippen LogP contribution in [0.4, 0.5) is 0 Å². The fourth-order valence-corrected chi connectivity index (χ4v) is 1.15. The minimum Gasteiger partial charge on any atom is -0.478 e. The van der Waals surface area contributed by atoms with Crippen LogP contribution in [0.2, 0.25) is 0 Å². The van der Waals surface area contributed by atoms with Gasteiger partial charge in [0, 0.05) is 0 Å². The van der Waals surface area contributed by atoms with Gasteiger partial charge in [0.2, 0.25) is 0 Å². The largest absolute Gasteiger partial charge is 0.478 e. The Morgan fingerprint density at radius 2 is 1.65 bits per heavy atom. The number of carbonyl (C=O) groups excluding carboxylic acids is 1. The molecule has 0 aromatic heterocycles. The highest BCUT2D eigenvalue weighted by Gasteiger charge is 2.18. The van der Waals surface area contributed by atoms with Crippen LogP contribution >= 0.6 is 0 Å². The summed E-state index contributed by atoms with van der Waals surface area (Å²) in [6.45, 7) is 5.69. The van der Waals surface area contributed by atoms with Gasteiger partial charge in [-0.3, -0.25) is 4.79 Å². The van der Waals surface area contributed by atoms with Crippen molar-refractivity contribution in [2.75, 3.05) is 0 Å². The van der Waals surface area contributed by atoms with E-state index < -0.39 is 5.97 Å². The number of carboxylic acid groups (broad SMARTS) is 1. The number of hydrogen-bond acceptors (Lipinski definition) is 3. The molecule has 1 N–H and O–H groups in total. The summed E-state index contributed by atoms with van der Waals surface area (Å²) in [7, 11) is 0. The molecule has 92 valence electrons. The van der Waals surface area contributed by atoms with Crippen LogP contribution in [0.15, 0.2) is 24.3 Å². The number of aromatic carboxylic acids is 1. The summed E-state index contributed by atoms with van der Waals surface area (Å²) < 4.78 is 5.14. The Bertz CT molecular complexity index is 406. The van der Waals surface area contributed by atoms with E-state index in [0.717, 1.165) is 0 Å². The van der Waals surface area contributed by atoms with Gasteiger partial charge in [0.05, 0.1) is 11.5 Å². The smallest absolute Gasteiger partial charge is 0.335 e. The van der Waals surface area contributed by atoms with E-state index in [4.69, 9.17) is 9.84 Å². The van der Waals surface area contributed by atoms with Crippen LogP contribution in [0, 0.1) is 11.8 Å². The molecule has 0 aliphatic carbocycles. The van der Waals surface area contributed by atoms with Crippen LogP contribution in [-0.4, -0.2) is 17.0 Å². The lowest BCUT2D eigenvalue weighted by Crippen LogP contribution is -2.22. The molecule has 0 amide bonds. The van der Waals surface area contributed by atoms with Gasteiger partial charge in [-0.2, -0.15) is 0 Å². The summed E-state index contributed by atoms with van der Waals surface area (Å²) >= 11 is 0. The van der Waals surface area contributed by atoms with E-state index in [-0.39, 0.29) is 23.4 Å². The highest BCUT2D eigenvalue weighted by atomic mass is 16.5. The lowest BCUT2D eigenvalue weighted by atomic mass is 9.99. The lowest BCUT2D eigenvalue weighted by molar-refractivity contribution is -0.139. The fraction of sp³-hybridized carbons (Fsp3) is 0.385. The van der Waals surface area contributed by atoms with E-state index in [1.807, 2.05) is 13.8 Å². The van der Waals surface area contributed by atoms with E-state index >= 15 is 0 Å². The SMILES string of the molecule is CC(C)C(C)C(=O)Oc1ccc(C(=O)O)cc1. The molecule has 4 heteroatoms. The van der Waals surface area contributed by atoms with Crippen LogP contribution in [0.25, 0.3) is 0 Å². The zero-order valence-electron chi connectivity index (χ0n) is 10.1. The molecule has 17 heavy (non-hydrogen) atoms. The number of ether oxygens (including phenoxy) is 1. The Kier molecular flexibility index (Phi) is 4.26. The Morgan fingerprint density at radius 1 is 1.12 bits per heavy atom. The summed E-state index contributed by atoms with van der Waals surface area (Å²) in [5, 5.41) is 8.71. The van der Waals surface area contributed by atoms with Gasteiger partial charge < -0.3 is 9.84 Å². The van der Waals surface area contributed by atoms with Crippen LogP contribution in [0.5, 0.6) is 5.75 Å². The number of carboxylic acids is 1. The minimum atomic E-state index is -1.00. The molecule has 0 heterocycles. The Morgan fingerprint density at radius 3 is 2.06 bits per heavy atom. The van der Waals surface area contributed by atoms with Gasteiger partial charge in [-0.25, -0.2) is 4.79 Å². The molecule has 1 aromatic carbocycles. The van der Waals surface area contributed by atoms with Crippen molar-refractivity contribution in [3.05, 3.63) is 29.8 Å². The highest BCUT2D eigenvalue weighted by Crippen LogP contribution is 2.17. The summed E-state index contributed by atoms with van der Waals surface area (Å²) in [6.07, 6.45) is 0. The number of hydrogen-bond donors (Lipinski definition) is 1. The minimum absolute atomic E-state index is 0.168. The molecule has 1 aromatic rings. The average Bonchev–Trinajstić information content (AvgIpc) is 2.28. The number of esters is 1. The second-order valence-electron chi connectivity index (χ2n) is 4.28. The molecule has 0 aliphatic rings. The van der Waals surface area contributed by atoms with Crippen LogP contribution in [0.3, 0.4) is 0 Å². The summed E-state index contributed by atoms with van der Waals surface area (Å²) in [6, 6.07) is 5.78. The second-order valence-corrected chi connectivity index (χ2v) is 4.28. The van der Waals surface area contributed by atoms with Crippen molar-refractivity contribution in [2.45, 2.75) is 20.8 Å². The molecule has 4 nitrogen and oxygen atoms in total. The van der Waals surface area contributed by atoms with E-state index in [2.05, 4.69) is 0 Å². The summed E-state index contributed by atoms with van der Waals surface area (Å²) in [5.74, 6) is -0.913. The molecule has 0 saturated carbocycles. The first-order chi connectivity index (χ1) is 7.91. The van der Waals surface area contributed by atoms with Crippen molar-refractivity contribution in [3.8, 4) is 5.75 Å². The molecule has 0 saturated heterocycles. The molecular weight excluding hydrogens is 220 g/mol. The maximum Gasteiger partial charge on any atom is 0.335 e. The van der Waals surface area contributed by atoms with Crippen LogP contribution in [-0.2, 0) is 4.79 Å². The van der Waals surface area contributed by atoms with E-state index in [9.17, 15) is 9.59 Å². The number of rotatable bonds is 4. The zero-order valence-corrected chi connectivity index (χ0v) is 10.1. The van der Waals surface area contributed by atoms with Gasteiger partial charge >= 0.3 is 11.9 Å². The summed E-state index contributed by atoms with van der Waals surface area (Å²) in [4.78, 5) is 22.3. The van der Waals surface area contributed by atoms with Gasteiger partial charge in [0.25, 0.3) is 0 Å². The lowest BCUT2D eigenvalue weighted by Gasteiger charge is -2.14. The Balaban J connectivity index is 2.70. The predicted octanol–water partition coefficient (Wildman–Crippen LogP) is 2.58. The third-order valence-corrected chi connectivity index (χ3v) is 2.69. The first-order valence-electron chi connectivity index (χ1n) is 5.47. The topological polar surface area (TPSA) is 63.6 Å². The molecular formula is C13H16O4. The average molecular weight is 236 g/mol. The first kappa shape index (κ1) is 13.2. The van der Waals surface area contributed by atoms with Gasteiger partial charge in [-0.15, -0.1) is 0 Å². The number of carbonyl (C=O) groups is 2. The third-order valence-electron chi connectivity index (χ3n) is 2.69. The molecule has 0 radical (unpaired) electrons. The van der Waals surface area contributed by atoms with Crippen LogP contribution in [0.1, 0.15) is 31.1 Å². The predicted molar refractivity (Wildman–Crippen MR) is 63.0 cm³/mol. The normalized spacial score (nSPS) is 12.2. The van der Waals surface area contributed by atoms with Crippen molar-refractivity contribution in [3.63, 3.8) is 0 Å². The fourth-order valence-electron chi connectivity index (χ4n) is 1.15. The third kappa shape index (κ3) is 3.59. The molecule has 0 spiro atoms. The van der Waals surface area contributed by atoms with Crippen molar-refractivity contribution in [2.24, 2.45) is 11.8 Å². The molecule has 0 bridgehead atoms. The van der Waals surface area contributed by atoms with Gasteiger partial charge in [-0.1, -0.05) is 20.8 Å². The van der Waals surface area contributed by atoms with Crippen molar-refractivity contribution in [1.82, 2.24) is 0 Å². The molecule has 1 atom stereocenters. The molecule has 1 rings (SSSR count). The maximum absolute atomic E-state index is 11.6. The van der Waals surface area contributed by atoms with Gasteiger partial charge in [0.1, 0.15) is 5.75 Å². The molecule has 0 aliphatic heterocycles. The Labute approximate surface area is 100 Å². The van der Waals surface area contributed by atoms with E-state index in [0.29, 0.717) is 5.75 Å². The molecule has 1 unspecified atom stereocenters. The quantitative estimate of drug-likeness (QED) is 0.644. The van der Waals surface area contributed by atoms with Crippen molar-refractivity contribution >= 4 is 11.9 Å². The zero-order chi connectivity index (χ0) is 13.0. The van der Waals surface area contributed by atoms with E-state index in [1.54, 1.807) is 6.92 Å². The maximum atomic E-state index is 11.6. The monoisotopic (exact) mass is 236 g/mol.